The molecule has 2 aromatic carbocycles. The lowest BCUT2D eigenvalue weighted by atomic mass is 9.38. The number of piperidine rings is 1. The lowest BCUT2D eigenvalue weighted by molar-refractivity contribution is -0.144. The third-order valence-corrected chi connectivity index (χ3v) is 10.1. The second kappa shape index (κ2) is 6.59. The summed E-state index contributed by atoms with van der Waals surface area (Å²) >= 11 is 1.34. The van der Waals surface area contributed by atoms with Crippen molar-refractivity contribution in [2.45, 2.75) is 46.3 Å². The fourth-order valence-electron chi connectivity index (χ4n) is 7.98. The van der Waals surface area contributed by atoms with Gasteiger partial charge >= 0.3 is 5.97 Å². The monoisotopic (exact) mass is 477 g/mol. The van der Waals surface area contributed by atoms with Crippen LogP contribution < -0.4 is 9.47 Å². The summed E-state index contributed by atoms with van der Waals surface area (Å²) in [4.78, 5) is 14.7. The fraction of sp³-hybridized carbons (Fsp3) is 0.444. The maximum Gasteiger partial charge on any atom is 0.313 e. The molecule has 176 valence electrons. The van der Waals surface area contributed by atoms with Gasteiger partial charge in [0.25, 0.3) is 0 Å². The van der Waals surface area contributed by atoms with Crippen molar-refractivity contribution in [1.82, 2.24) is 4.90 Å². The SMILES string of the molecule is COc1ccc2c3c1O[C@@H]1[C@]34CCN(C)[C@H](C2)[C@]42C=C[C@@]1(OC)c1cc(SCC(=O)O)ccc12. The van der Waals surface area contributed by atoms with Gasteiger partial charge in [-0.3, -0.25) is 4.79 Å². The number of hydrogen-bond donors (Lipinski definition) is 1. The van der Waals surface area contributed by atoms with E-state index in [2.05, 4.69) is 48.4 Å². The van der Waals surface area contributed by atoms with Gasteiger partial charge < -0.3 is 24.2 Å². The molecular formula is C27H27NO5S. The molecule has 4 bridgehead atoms. The summed E-state index contributed by atoms with van der Waals surface area (Å²) < 4.78 is 19.1. The van der Waals surface area contributed by atoms with E-state index < -0.39 is 11.6 Å². The predicted octanol–water partition coefficient (Wildman–Crippen LogP) is 3.49. The van der Waals surface area contributed by atoms with Crippen molar-refractivity contribution in [1.29, 1.82) is 0 Å². The van der Waals surface area contributed by atoms with Crippen LogP contribution in [0.3, 0.4) is 0 Å². The number of hydrogen-bond acceptors (Lipinski definition) is 6. The summed E-state index contributed by atoms with van der Waals surface area (Å²) in [6.07, 6.45) is 6.34. The van der Waals surface area contributed by atoms with Gasteiger partial charge in [0.1, 0.15) is 11.7 Å². The summed E-state index contributed by atoms with van der Waals surface area (Å²) in [5.74, 6) is 0.861. The lowest BCUT2D eigenvalue weighted by Gasteiger charge is -2.69. The van der Waals surface area contributed by atoms with Crippen LogP contribution in [0.2, 0.25) is 0 Å². The molecule has 0 amide bonds. The Kier molecular flexibility index (Phi) is 4.04. The quantitative estimate of drug-likeness (QED) is 0.522. The Hall–Kier alpha value is -2.48. The minimum Gasteiger partial charge on any atom is -0.493 e. The molecule has 1 N–H and O–H groups in total. The highest BCUT2D eigenvalue weighted by Gasteiger charge is 2.78. The Morgan fingerprint density at radius 3 is 2.85 bits per heavy atom. The van der Waals surface area contributed by atoms with E-state index in [0.717, 1.165) is 41.3 Å². The van der Waals surface area contributed by atoms with E-state index in [1.165, 1.54) is 28.5 Å². The molecule has 1 fully saturated rings. The van der Waals surface area contributed by atoms with E-state index in [9.17, 15) is 9.90 Å². The molecule has 5 atom stereocenters. The van der Waals surface area contributed by atoms with Crippen molar-refractivity contribution in [2.75, 3.05) is 33.6 Å². The van der Waals surface area contributed by atoms with Crippen molar-refractivity contribution >= 4 is 17.7 Å². The molecule has 6 aliphatic rings. The number of thioether (sulfide) groups is 1. The standard InChI is InChI=1S/C27H27NO5S/c1-28-11-10-26-22-15-4-7-19(31-2)23(22)33-24(26)27(32-3)9-8-25(26,20(28)12-15)17-6-5-16(13-18(17)27)34-14-21(29)30/h4-9,13,20,24H,10-12,14H2,1-3H3,(H,29,30)/t20-,24-,25-,26+,27-/m1/s1. The third-order valence-electron chi connectivity index (χ3n) is 9.17. The number of likely N-dealkylation sites (tertiary alicyclic amines) is 1. The number of benzene rings is 2. The van der Waals surface area contributed by atoms with Crippen LogP contribution in [-0.4, -0.2) is 61.7 Å². The highest BCUT2D eigenvalue weighted by Crippen LogP contribution is 2.74. The van der Waals surface area contributed by atoms with Crippen molar-refractivity contribution in [3.8, 4) is 11.5 Å². The summed E-state index contributed by atoms with van der Waals surface area (Å²) in [5, 5.41) is 9.22. The Morgan fingerprint density at radius 2 is 2.09 bits per heavy atom. The molecule has 1 saturated heterocycles. The molecule has 2 aromatic rings. The minimum atomic E-state index is -0.819. The molecule has 7 heteroatoms. The zero-order valence-electron chi connectivity index (χ0n) is 19.5. The molecule has 0 aromatic heterocycles. The normalized spacial score (nSPS) is 35.5. The van der Waals surface area contributed by atoms with E-state index in [1.807, 2.05) is 6.07 Å². The van der Waals surface area contributed by atoms with Crippen LogP contribution >= 0.6 is 11.8 Å². The average Bonchev–Trinajstić information content (AvgIpc) is 3.21. The number of likely N-dealkylation sites (N-methyl/N-ethyl adjacent to an activating group) is 1. The second-order valence-electron chi connectivity index (χ2n) is 10.1. The van der Waals surface area contributed by atoms with Gasteiger partial charge in [-0.15, -0.1) is 11.8 Å². The van der Waals surface area contributed by atoms with Crippen molar-refractivity contribution in [2.24, 2.45) is 0 Å². The highest BCUT2D eigenvalue weighted by molar-refractivity contribution is 8.00. The molecule has 34 heavy (non-hydrogen) atoms. The van der Waals surface area contributed by atoms with Gasteiger partial charge in [-0.05, 0) is 67.4 Å². The van der Waals surface area contributed by atoms with Crippen molar-refractivity contribution in [3.63, 3.8) is 0 Å². The minimum absolute atomic E-state index is 0.0287. The van der Waals surface area contributed by atoms with Crippen LogP contribution in [0.5, 0.6) is 11.5 Å². The number of carboxylic acids is 1. The van der Waals surface area contributed by atoms with Gasteiger partial charge in [-0.1, -0.05) is 18.2 Å². The first-order valence-corrected chi connectivity index (χ1v) is 12.7. The smallest absolute Gasteiger partial charge is 0.313 e. The molecule has 0 saturated carbocycles. The Labute approximate surface area is 202 Å². The van der Waals surface area contributed by atoms with Gasteiger partial charge in [0.05, 0.1) is 18.3 Å². The molecular weight excluding hydrogens is 450 g/mol. The largest absolute Gasteiger partial charge is 0.493 e. The zero-order valence-corrected chi connectivity index (χ0v) is 20.3. The van der Waals surface area contributed by atoms with Crippen LogP contribution in [0.15, 0.2) is 47.4 Å². The first kappa shape index (κ1) is 20.9. The summed E-state index contributed by atoms with van der Waals surface area (Å²) in [7, 11) is 5.71. The van der Waals surface area contributed by atoms with E-state index in [4.69, 9.17) is 14.2 Å². The van der Waals surface area contributed by atoms with Gasteiger partial charge in [-0.2, -0.15) is 0 Å². The number of aliphatic carboxylic acids is 1. The predicted molar refractivity (Wildman–Crippen MR) is 128 cm³/mol. The van der Waals surface area contributed by atoms with Crippen molar-refractivity contribution < 1.29 is 24.1 Å². The molecule has 8 rings (SSSR count). The molecule has 0 radical (unpaired) electrons. The third kappa shape index (κ3) is 2.08. The number of nitrogens with zero attached hydrogens (tertiary/aromatic N) is 1. The van der Waals surface area contributed by atoms with Crippen LogP contribution in [0, 0.1) is 0 Å². The number of methoxy groups -OCH3 is 2. The molecule has 0 unspecified atom stereocenters. The maximum absolute atomic E-state index is 11.2. The van der Waals surface area contributed by atoms with Crippen LogP contribution in [0.25, 0.3) is 0 Å². The van der Waals surface area contributed by atoms with Crippen LogP contribution in [0.1, 0.15) is 28.7 Å². The number of rotatable bonds is 5. The van der Waals surface area contributed by atoms with Crippen LogP contribution in [-0.2, 0) is 32.4 Å². The van der Waals surface area contributed by atoms with E-state index in [-0.39, 0.29) is 22.7 Å². The van der Waals surface area contributed by atoms with Crippen molar-refractivity contribution in [3.05, 3.63) is 64.7 Å². The zero-order chi connectivity index (χ0) is 23.5. The fourth-order valence-corrected chi connectivity index (χ4v) is 8.64. The first-order valence-electron chi connectivity index (χ1n) is 11.8. The number of carbonyl (C=O) groups is 1. The average molecular weight is 478 g/mol. The Morgan fingerprint density at radius 1 is 1.24 bits per heavy atom. The molecule has 2 aliphatic heterocycles. The molecule has 6 nitrogen and oxygen atoms in total. The summed E-state index contributed by atoms with van der Waals surface area (Å²) in [6, 6.07) is 11.0. The van der Waals surface area contributed by atoms with E-state index in [1.54, 1.807) is 14.2 Å². The second-order valence-corrected chi connectivity index (χ2v) is 11.2. The van der Waals surface area contributed by atoms with Gasteiger partial charge in [0, 0.05) is 29.0 Å². The molecule has 2 spiro atoms. The first-order chi connectivity index (χ1) is 16.4. The highest BCUT2D eigenvalue weighted by atomic mass is 32.2. The maximum atomic E-state index is 11.2. The van der Waals surface area contributed by atoms with Crippen LogP contribution in [0.4, 0.5) is 0 Å². The topological polar surface area (TPSA) is 68.2 Å². The van der Waals surface area contributed by atoms with Gasteiger partial charge in [0.15, 0.2) is 11.5 Å². The Balaban J connectivity index is 1.55. The Bertz CT molecular complexity index is 1290. The number of carboxylic acid groups (broad SMARTS) is 1. The molecule has 4 aliphatic carbocycles. The van der Waals surface area contributed by atoms with Gasteiger partial charge in [0.2, 0.25) is 0 Å². The summed E-state index contributed by atoms with van der Waals surface area (Å²) in [5.41, 5.74) is 3.80. The molecule has 2 heterocycles. The number of ether oxygens (including phenoxy) is 3. The van der Waals surface area contributed by atoms with E-state index in [0.29, 0.717) is 6.04 Å². The lowest BCUT2D eigenvalue weighted by Crippen LogP contribution is -2.77. The van der Waals surface area contributed by atoms with E-state index >= 15 is 0 Å². The summed E-state index contributed by atoms with van der Waals surface area (Å²) in [6.45, 7) is 0.998. The van der Waals surface area contributed by atoms with Gasteiger partial charge in [-0.25, -0.2) is 0 Å².